The second-order valence-corrected chi connectivity index (χ2v) is 4.62. The average molecular weight is 246 g/mol. The summed E-state index contributed by atoms with van der Waals surface area (Å²) >= 11 is 1.31. The van der Waals surface area contributed by atoms with E-state index in [9.17, 15) is 4.79 Å². The van der Waals surface area contributed by atoms with Gasteiger partial charge in [0.15, 0.2) is 0 Å². The lowest BCUT2D eigenvalue weighted by Crippen LogP contribution is -2.32. The zero-order valence-electron chi connectivity index (χ0n) is 8.88. The smallest absolute Gasteiger partial charge is 0.249 e. The molecule has 2 aromatic rings. The van der Waals surface area contributed by atoms with Crippen molar-refractivity contribution >= 4 is 28.1 Å². The van der Waals surface area contributed by atoms with Crippen LogP contribution in [0.2, 0.25) is 0 Å². The van der Waals surface area contributed by atoms with Gasteiger partial charge in [-0.25, -0.2) is 0 Å². The van der Waals surface area contributed by atoms with E-state index in [1.165, 1.54) is 16.9 Å². The number of carbonyl (C=O) groups is 1. The third-order valence-corrected chi connectivity index (χ3v) is 3.28. The first-order chi connectivity index (χ1) is 8.33. The van der Waals surface area contributed by atoms with Gasteiger partial charge >= 0.3 is 0 Å². The maximum Gasteiger partial charge on any atom is 0.249 e. The molecule has 0 fully saturated rings. The number of rotatable bonds is 2. The molecule has 1 aliphatic rings. The van der Waals surface area contributed by atoms with Gasteiger partial charge < -0.3 is 5.32 Å². The number of amides is 1. The fourth-order valence-corrected chi connectivity index (χ4v) is 2.32. The molecule has 0 bridgehead atoms. The number of hydrogen-bond acceptors (Lipinski definition) is 5. The highest BCUT2D eigenvalue weighted by atomic mass is 32.1. The van der Waals surface area contributed by atoms with Crippen molar-refractivity contribution in [3.63, 3.8) is 0 Å². The summed E-state index contributed by atoms with van der Waals surface area (Å²) in [5, 5.41) is 13.9. The molecular weight excluding hydrogens is 236 g/mol. The highest BCUT2D eigenvalue weighted by molar-refractivity contribution is 7.13. The largest absolute Gasteiger partial charge is 0.373 e. The van der Waals surface area contributed by atoms with Crippen LogP contribution in [0.4, 0.5) is 10.8 Å². The van der Waals surface area contributed by atoms with Gasteiger partial charge in [0.25, 0.3) is 0 Å². The Bertz CT molecular complexity index is 515. The van der Waals surface area contributed by atoms with Crippen molar-refractivity contribution < 1.29 is 4.79 Å². The molecule has 1 amide bonds. The Morgan fingerprint density at radius 2 is 2.35 bits per heavy atom. The monoisotopic (exact) mass is 246 g/mol. The summed E-state index contributed by atoms with van der Waals surface area (Å²) in [6, 6.07) is 7.72. The Labute approximate surface area is 102 Å². The Kier molecular flexibility index (Phi) is 2.49. The molecule has 86 valence electrons. The van der Waals surface area contributed by atoms with E-state index in [0.717, 1.165) is 5.69 Å². The van der Waals surface area contributed by atoms with Gasteiger partial charge in [0.2, 0.25) is 11.0 Å². The van der Waals surface area contributed by atoms with E-state index >= 15 is 0 Å². The quantitative estimate of drug-likeness (QED) is 0.843. The van der Waals surface area contributed by atoms with Crippen molar-refractivity contribution in [1.29, 1.82) is 0 Å². The van der Waals surface area contributed by atoms with Crippen LogP contribution in [-0.4, -0.2) is 22.1 Å². The predicted octanol–water partition coefficient (Wildman–Crippen LogP) is 1.51. The highest BCUT2D eigenvalue weighted by Crippen LogP contribution is 2.25. The first-order valence-electron chi connectivity index (χ1n) is 5.24. The Morgan fingerprint density at radius 1 is 1.47 bits per heavy atom. The van der Waals surface area contributed by atoms with Crippen LogP contribution in [0.25, 0.3) is 0 Å². The predicted molar refractivity (Wildman–Crippen MR) is 66.1 cm³/mol. The van der Waals surface area contributed by atoms with Crippen LogP contribution in [0, 0.1) is 0 Å². The number of anilines is 2. The fourth-order valence-electron chi connectivity index (χ4n) is 1.88. The zero-order valence-corrected chi connectivity index (χ0v) is 9.70. The van der Waals surface area contributed by atoms with Gasteiger partial charge in [-0.3, -0.25) is 10.1 Å². The van der Waals surface area contributed by atoms with Gasteiger partial charge in [0.1, 0.15) is 11.6 Å². The van der Waals surface area contributed by atoms with E-state index < -0.39 is 0 Å². The number of carbonyl (C=O) groups excluding carboxylic acids is 1. The van der Waals surface area contributed by atoms with Crippen molar-refractivity contribution in [3.05, 3.63) is 35.3 Å². The summed E-state index contributed by atoms with van der Waals surface area (Å²) in [6.45, 7) is 0. The number of hydrogen-bond donors (Lipinski definition) is 2. The molecule has 0 saturated heterocycles. The van der Waals surface area contributed by atoms with E-state index in [0.29, 0.717) is 11.6 Å². The van der Waals surface area contributed by atoms with Crippen molar-refractivity contribution in [2.24, 2.45) is 0 Å². The lowest BCUT2D eigenvalue weighted by molar-refractivity contribution is -0.116. The summed E-state index contributed by atoms with van der Waals surface area (Å²) in [5.41, 5.74) is 3.79. The van der Waals surface area contributed by atoms with E-state index in [1.54, 1.807) is 5.51 Å². The average Bonchev–Trinajstić information content (AvgIpc) is 2.96. The second-order valence-electron chi connectivity index (χ2n) is 3.79. The van der Waals surface area contributed by atoms with Crippen molar-refractivity contribution in [2.45, 2.75) is 12.5 Å². The topological polar surface area (TPSA) is 66.9 Å². The third kappa shape index (κ3) is 1.99. The van der Waals surface area contributed by atoms with Crippen molar-refractivity contribution in [3.8, 4) is 0 Å². The van der Waals surface area contributed by atoms with Gasteiger partial charge in [-0.1, -0.05) is 29.5 Å². The minimum atomic E-state index is -0.226. The second kappa shape index (κ2) is 4.14. The summed E-state index contributed by atoms with van der Waals surface area (Å²) < 4.78 is 0. The lowest BCUT2D eigenvalue weighted by atomic mass is 10.1. The molecule has 6 heteroatoms. The molecule has 2 N–H and O–H groups in total. The standard InChI is InChI=1S/C11H10N4OS/c16-10(14-11-15-12-6-17-11)9-5-7-3-1-2-4-8(7)13-9/h1-4,6,9,13H,5H2,(H,14,15,16). The van der Waals surface area contributed by atoms with Crippen LogP contribution in [-0.2, 0) is 11.2 Å². The molecule has 5 nitrogen and oxygen atoms in total. The number of benzene rings is 1. The van der Waals surface area contributed by atoms with Crippen molar-refractivity contribution in [2.75, 3.05) is 10.6 Å². The molecule has 0 radical (unpaired) electrons. The Hall–Kier alpha value is -1.95. The van der Waals surface area contributed by atoms with E-state index in [-0.39, 0.29) is 11.9 Å². The van der Waals surface area contributed by atoms with E-state index in [1.807, 2.05) is 24.3 Å². The van der Waals surface area contributed by atoms with E-state index in [4.69, 9.17) is 0 Å². The number of fused-ring (bicyclic) bond motifs is 1. The summed E-state index contributed by atoms with van der Waals surface area (Å²) in [5.74, 6) is -0.0713. The van der Waals surface area contributed by atoms with Gasteiger partial charge in [0.05, 0.1) is 0 Å². The Balaban J connectivity index is 1.70. The van der Waals surface area contributed by atoms with Crippen LogP contribution < -0.4 is 10.6 Å². The number of aromatic nitrogens is 2. The molecule has 2 heterocycles. The van der Waals surface area contributed by atoms with Crippen LogP contribution >= 0.6 is 11.3 Å². The number of para-hydroxylation sites is 1. The SMILES string of the molecule is O=C(Nc1nncs1)C1Cc2ccccc2N1. The number of nitrogens with zero attached hydrogens (tertiary/aromatic N) is 2. The molecule has 0 aliphatic carbocycles. The maximum atomic E-state index is 11.9. The lowest BCUT2D eigenvalue weighted by Gasteiger charge is -2.09. The molecule has 1 aromatic carbocycles. The molecule has 1 aromatic heterocycles. The minimum absolute atomic E-state index is 0.0713. The summed E-state index contributed by atoms with van der Waals surface area (Å²) in [7, 11) is 0. The molecule has 17 heavy (non-hydrogen) atoms. The Morgan fingerprint density at radius 3 is 3.12 bits per heavy atom. The van der Waals surface area contributed by atoms with Gasteiger partial charge in [-0.2, -0.15) is 0 Å². The third-order valence-electron chi connectivity index (χ3n) is 2.68. The van der Waals surface area contributed by atoms with Crippen LogP contribution in [0.3, 0.4) is 0 Å². The zero-order chi connectivity index (χ0) is 11.7. The number of nitrogens with one attached hydrogen (secondary N) is 2. The molecule has 1 aliphatic heterocycles. The minimum Gasteiger partial charge on any atom is -0.373 e. The van der Waals surface area contributed by atoms with Gasteiger partial charge in [-0.05, 0) is 11.6 Å². The molecule has 1 unspecified atom stereocenters. The first-order valence-corrected chi connectivity index (χ1v) is 6.12. The van der Waals surface area contributed by atoms with Crippen LogP contribution in [0.5, 0.6) is 0 Å². The van der Waals surface area contributed by atoms with Crippen LogP contribution in [0.15, 0.2) is 29.8 Å². The highest BCUT2D eigenvalue weighted by Gasteiger charge is 2.26. The summed E-state index contributed by atoms with van der Waals surface area (Å²) in [4.78, 5) is 11.9. The molecular formula is C11H10N4OS. The molecule has 0 spiro atoms. The van der Waals surface area contributed by atoms with E-state index in [2.05, 4.69) is 20.8 Å². The molecule has 3 rings (SSSR count). The van der Waals surface area contributed by atoms with Gasteiger partial charge in [0, 0.05) is 12.1 Å². The molecule has 1 atom stereocenters. The first kappa shape index (κ1) is 10.2. The fraction of sp³-hybridized carbons (Fsp3) is 0.182. The molecule has 0 saturated carbocycles. The van der Waals surface area contributed by atoms with Crippen LogP contribution in [0.1, 0.15) is 5.56 Å². The maximum absolute atomic E-state index is 11.9. The summed E-state index contributed by atoms with van der Waals surface area (Å²) in [6.07, 6.45) is 0.709. The normalized spacial score (nSPS) is 17.3. The van der Waals surface area contributed by atoms with Gasteiger partial charge in [-0.15, -0.1) is 10.2 Å². The van der Waals surface area contributed by atoms with Crippen molar-refractivity contribution in [1.82, 2.24) is 10.2 Å².